The van der Waals surface area contributed by atoms with Gasteiger partial charge < -0.3 is 64.2 Å². The molecule has 0 amide bonds. The topological polar surface area (TPSA) is 231 Å². The first-order chi connectivity index (χ1) is 33.5. The van der Waals surface area contributed by atoms with Gasteiger partial charge in [0.2, 0.25) is 0 Å². The number of aliphatic hydroxyl groups excluding tert-OH is 7. The minimum atomic E-state index is -1.76. The van der Waals surface area contributed by atoms with Crippen LogP contribution in [-0.2, 0) is 38.0 Å². The maximum atomic E-state index is 13.0. The van der Waals surface area contributed by atoms with Crippen LogP contribution in [0.2, 0.25) is 0 Å². The number of esters is 2. The molecular formula is C54H100O15. The summed E-state index contributed by atoms with van der Waals surface area (Å²) >= 11 is 0. The SMILES string of the molecule is CCCCCCCC/C=C/CCCCCCCCCC(=O)OC[C@@H](CO[C@@H]1O[C@H](CO[C@@H]2O[C@H](CO)[C@H](O)C(O)C2O)[C@H](O)C(O)C1O)OC(=O)CCCCCCCCCCCCCCCCCC. The van der Waals surface area contributed by atoms with Crippen LogP contribution in [0.3, 0.4) is 0 Å². The maximum Gasteiger partial charge on any atom is 0.306 e. The van der Waals surface area contributed by atoms with Crippen LogP contribution >= 0.6 is 0 Å². The van der Waals surface area contributed by atoms with Gasteiger partial charge in [-0.2, -0.15) is 0 Å². The van der Waals surface area contributed by atoms with Crippen molar-refractivity contribution in [3.05, 3.63) is 12.2 Å². The lowest BCUT2D eigenvalue weighted by Crippen LogP contribution is -2.61. The molecule has 0 aromatic heterocycles. The predicted octanol–water partition coefficient (Wildman–Crippen LogP) is 8.55. The Bertz CT molecular complexity index is 1250. The molecule has 406 valence electrons. The molecule has 2 heterocycles. The molecule has 2 rings (SSSR count). The molecule has 0 spiro atoms. The molecule has 0 saturated carbocycles. The molecule has 2 aliphatic rings. The fourth-order valence-corrected chi connectivity index (χ4v) is 8.92. The number of rotatable bonds is 44. The predicted molar refractivity (Wildman–Crippen MR) is 266 cm³/mol. The van der Waals surface area contributed by atoms with Gasteiger partial charge in [0.15, 0.2) is 18.7 Å². The van der Waals surface area contributed by atoms with E-state index in [1.165, 1.54) is 141 Å². The fraction of sp³-hybridized carbons (Fsp3) is 0.926. The van der Waals surface area contributed by atoms with Crippen molar-refractivity contribution in [2.24, 2.45) is 0 Å². The highest BCUT2D eigenvalue weighted by atomic mass is 16.7. The molecule has 0 radical (unpaired) electrons. The Morgan fingerprint density at radius 3 is 1.28 bits per heavy atom. The third-order valence-electron chi connectivity index (χ3n) is 13.5. The monoisotopic (exact) mass is 989 g/mol. The highest BCUT2D eigenvalue weighted by Crippen LogP contribution is 2.27. The smallest absolute Gasteiger partial charge is 0.306 e. The van der Waals surface area contributed by atoms with Crippen LogP contribution in [0.5, 0.6) is 0 Å². The molecule has 15 heteroatoms. The second-order valence-corrected chi connectivity index (χ2v) is 19.8. The van der Waals surface area contributed by atoms with Gasteiger partial charge >= 0.3 is 11.9 Å². The summed E-state index contributed by atoms with van der Waals surface area (Å²) in [4.78, 5) is 25.8. The highest BCUT2D eigenvalue weighted by molar-refractivity contribution is 5.70. The van der Waals surface area contributed by atoms with Gasteiger partial charge in [0, 0.05) is 12.8 Å². The van der Waals surface area contributed by atoms with Crippen molar-refractivity contribution in [1.82, 2.24) is 0 Å². The summed E-state index contributed by atoms with van der Waals surface area (Å²) in [6.45, 7) is 2.62. The Balaban J connectivity index is 1.77. The molecule has 11 atom stereocenters. The Morgan fingerprint density at radius 1 is 0.449 bits per heavy atom. The molecule has 2 saturated heterocycles. The largest absolute Gasteiger partial charge is 0.462 e. The first kappa shape index (κ1) is 63.4. The number of carbonyl (C=O) groups is 2. The zero-order valence-corrected chi connectivity index (χ0v) is 43.1. The number of hydrogen-bond acceptors (Lipinski definition) is 15. The molecule has 0 aromatic carbocycles. The van der Waals surface area contributed by atoms with E-state index in [0.717, 1.165) is 44.9 Å². The third-order valence-corrected chi connectivity index (χ3v) is 13.5. The van der Waals surface area contributed by atoms with E-state index < -0.39 is 92.7 Å². The van der Waals surface area contributed by atoms with Crippen LogP contribution in [0.1, 0.15) is 226 Å². The van der Waals surface area contributed by atoms with Crippen LogP contribution < -0.4 is 0 Å². The zero-order valence-electron chi connectivity index (χ0n) is 43.1. The lowest BCUT2D eigenvalue weighted by Gasteiger charge is -2.42. The van der Waals surface area contributed by atoms with Gasteiger partial charge in [0.25, 0.3) is 0 Å². The van der Waals surface area contributed by atoms with E-state index in [2.05, 4.69) is 26.0 Å². The summed E-state index contributed by atoms with van der Waals surface area (Å²) in [7, 11) is 0. The Labute approximate surface area is 416 Å². The van der Waals surface area contributed by atoms with Crippen LogP contribution in [0.15, 0.2) is 12.2 Å². The van der Waals surface area contributed by atoms with Crippen LogP contribution in [0.25, 0.3) is 0 Å². The van der Waals surface area contributed by atoms with E-state index in [1.54, 1.807) is 0 Å². The summed E-state index contributed by atoms with van der Waals surface area (Å²) in [6, 6.07) is 0. The number of unbranched alkanes of at least 4 members (excludes halogenated alkanes) is 28. The van der Waals surface area contributed by atoms with Crippen molar-refractivity contribution in [2.75, 3.05) is 26.4 Å². The van der Waals surface area contributed by atoms with Gasteiger partial charge in [-0.1, -0.05) is 187 Å². The Morgan fingerprint density at radius 2 is 0.826 bits per heavy atom. The van der Waals surface area contributed by atoms with Crippen molar-refractivity contribution >= 4 is 11.9 Å². The molecule has 2 aliphatic heterocycles. The van der Waals surface area contributed by atoms with Crippen LogP contribution in [-0.4, -0.2) is 142 Å². The molecule has 2 fully saturated rings. The van der Waals surface area contributed by atoms with Crippen LogP contribution in [0.4, 0.5) is 0 Å². The Kier molecular flexibility index (Phi) is 38.3. The van der Waals surface area contributed by atoms with Crippen molar-refractivity contribution < 1.29 is 73.8 Å². The maximum absolute atomic E-state index is 13.0. The number of aliphatic hydroxyl groups is 7. The Hall–Kier alpha value is -1.76. The average molecular weight is 989 g/mol. The molecule has 0 aromatic rings. The quantitative estimate of drug-likeness (QED) is 0.0172. The molecule has 0 bridgehead atoms. The van der Waals surface area contributed by atoms with E-state index in [-0.39, 0.29) is 26.1 Å². The second-order valence-electron chi connectivity index (χ2n) is 19.8. The summed E-state index contributed by atoms with van der Waals surface area (Å²) in [5.74, 6) is -0.917. The lowest BCUT2D eigenvalue weighted by molar-refractivity contribution is -0.332. The van der Waals surface area contributed by atoms with Gasteiger partial charge in [-0.3, -0.25) is 9.59 Å². The molecule has 4 unspecified atom stereocenters. The van der Waals surface area contributed by atoms with Gasteiger partial charge in [0.1, 0.15) is 55.4 Å². The van der Waals surface area contributed by atoms with Crippen molar-refractivity contribution in [1.29, 1.82) is 0 Å². The highest BCUT2D eigenvalue weighted by Gasteiger charge is 2.47. The van der Waals surface area contributed by atoms with Crippen LogP contribution in [0, 0.1) is 0 Å². The minimum absolute atomic E-state index is 0.170. The molecule has 0 aliphatic carbocycles. The van der Waals surface area contributed by atoms with Crippen molar-refractivity contribution in [3.8, 4) is 0 Å². The molecule has 15 nitrogen and oxygen atoms in total. The van der Waals surface area contributed by atoms with E-state index >= 15 is 0 Å². The van der Waals surface area contributed by atoms with E-state index in [4.69, 9.17) is 28.4 Å². The van der Waals surface area contributed by atoms with E-state index in [0.29, 0.717) is 12.8 Å². The van der Waals surface area contributed by atoms with Crippen molar-refractivity contribution in [2.45, 2.75) is 293 Å². The van der Waals surface area contributed by atoms with Gasteiger partial charge in [-0.15, -0.1) is 0 Å². The van der Waals surface area contributed by atoms with E-state index in [1.807, 2.05) is 0 Å². The van der Waals surface area contributed by atoms with Gasteiger partial charge in [-0.25, -0.2) is 0 Å². The summed E-state index contributed by atoms with van der Waals surface area (Å²) in [6.07, 6.45) is 25.1. The number of carbonyl (C=O) groups excluding carboxylic acids is 2. The molecule has 7 N–H and O–H groups in total. The summed E-state index contributed by atoms with van der Waals surface area (Å²) in [5.41, 5.74) is 0. The molecular weight excluding hydrogens is 889 g/mol. The second kappa shape index (κ2) is 41.7. The van der Waals surface area contributed by atoms with Crippen molar-refractivity contribution in [3.63, 3.8) is 0 Å². The van der Waals surface area contributed by atoms with Gasteiger partial charge in [-0.05, 0) is 38.5 Å². The van der Waals surface area contributed by atoms with Gasteiger partial charge in [0.05, 0.1) is 19.8 Å². The number of hydrogen-bond donors (Lipinski definition) is 7. The first-order valence-electron chi connectivity index (χ1n) is 27.8. The lowest BCUT2D eigenvalue weighted by atomic mass is 9.98. The normalized spacial score (nSPS) is 25.6. The first-order valence-corrected chi connectivity index (χ1v) is 27.8. The minimum Gasteiger partial charge on any atom is -0.462 e. The summed E-state index contributed by atoms with van der Waals surface area (Å²) in [5, 5.41) is 72.2. The average Bonchev–Trinajstić information content (AvgIpc) is 3.34. The summed E-state index contributed by atoms with van der Waals surface area (Å²) < 4.78 is 33.7. The molecule has 69 heavy (non-hydrogen) atoms. The number of ether oxygens (including phenoxy) is 6. The zero-order chi connectivity index (χ0) is 50.3. The fourth-order valence-electron chi connectivity index (χ4n) is 8.92. The number of allylic oxidation sites excluding steroid dienone is 2. The standard InChI is InChI=1S/C54H100O15/c1-3-5-7-9-11-13-15-17-19-21-23-24-26-28-30-32-34-36-45(56)64-39-42(67-46(57)37-35-33-31-29-27-25-22-20-18-16-14-12-10-8-6-4-2)40-65-53-52(63)50(61)48(59)44(69-53)41-66-54-51(62)49(60)47(58)43(38-55)68-54/h17,19,42-44,47-55,58-63H,3-16,18,20-41H2,1-2H3/b19-17+/t42-,43+,44+,47-,48-,49?,50?,51?,52?,53+,54+/m0/s1. The third kappa shape index (κ3) is 29.5. The van der Waals surface area contributed by atoms with E-state index in [9.17, 15) is 45.3 Å².